The predicted molar refractivity (Wildman–Crippen MR) is 151 cm³/mol. The molecule has 1 atom stereocenters. The monoisotopic (exact) mass is 523 g/mol. The molecule has 3 aliphatic rings. The van der Waals surface area contributed by atoms with E-state index in [2.05, 4.69) is 53.6 Å². The van der Waals surface area contributed by atoms with Crippen molar-refractivity contribution in [2.24, 2.45) is 5.41 Å². The molecular weight excluding hydrogens is 490 g/mol. The topological polar surface area (TPSA) is 79.9 Å². The Kier molecular flexibility index (Phi) is 6.29. The van der Waals surface area contributed by atoms with Crippen molar-refractivity contribution in [1.82, 2.24) is 5.32 Å². The lowest BCUT2D eigenvalue weighted by Gasteiger charge is -2.38. The van der Waals surface area contributed by atoms with Crippen LogP contribution in [0.25, 0.3) is 0 Å². The van der Waals surface area contributed by atoms with E-state index in [0.717, 1.165) is 45.8 Å². The van der Waals surface area contributed by atoms with Gasteiger partial charge in [0.2, 0.25) is 12.7 Å². The molecule has 7 heteroatoms. The van der Waals surface area contributed by atoms with E-state index >= 15 is 0 Å². The van der Waals surface area contributed by atoms with E-state index in [9.17, 15) is 9.59 Å². The van der Waals surface area contributed by atoms with Crippen LogP contribution in [0.5, 0.6) is 11.5 Å². The maximum absolute atomic E-state index is 13.8. The van der Waals surface area contributed by atoms with E-state index in [1.54, 1.807) is 0 Å². The van der Waals surface area contributed by atoms with E-state index in [-0.39, 0.29) is 30.4 Å². The number of ether oxygens (including phenoxy) is 2. The van der Waals surface area contributed by atoms with Gasteiger partial charge < -0.3 is 25.0 Å². The Morgan fingerprint density at radius 2 is 1.79 bits per heavy atom. The lowest BCUT2D eigenvalue weighted by atomic mass is 9.73. The first-order chi connectivity index (χ1) is 18.8. The Hall–Kier alpha value is -4.26. The van der Waals surface area contributed by atoms with Crippen molar-refractivity contribution in [2.75, 3.05) is 23.6 Å². The van der Waals surface area contributed by atoms with E-state index < -0.39 is 6.04 Å². The standard InChI is InChI=1S/C32H33N3O4/c1-20-8-11-22(12-9-20)31-30-24(15-32(2,3)16-26(30)36)34-23-6-4-5-7-25(23)35(31)18-29(37)33-17-21-10-13-27-28(14-21)39-19-38-27/h4-14,31,34H,15-19H2,1-3H3,(H,33,37). The maximum Gasteiger partial charge on any atom is 0.239 e. The fraction of sp³-hybridized carbons (Fsp3) is 0.312. The normalized spacial score (nSPS) is 19.1. The average Bonchev–Trinajstić information content (AvgIpc) is 3.32. The molecule has 2 N–H and O–H groups in total. The number of carbonyl (C=O) groups is 2. The summed E-state index contributed by atoms with van der Waals surface area (Å²) >= 11 is 0. The van der Waals surface area contributed by atoms with Crippen LogP contribution in [0.2, 0.25) is 0 Å². The third kappa shape index (κ3) is 4.97. The van der Waals surface area contributed by atoms with Crippen molar-refractivity contribution in [2.45, 2.75) is 46.2 Å². The van der Waals surface area contributed by atoms with Crippen molar-refractivity contribution in [3.8, 4) is 11.5 Å². The number of anilines is 2. The molecule has 39 heavy (non-hydrogen) atoms. The Bertz CT molecular complexity index is 1470. The molecule has 7 nitrogen and oxygen atoms in total. The number of aryl methyl sites for hydroxylation is 1. The molecule has 0 spiro atoms. The van der Waals surface area contributed by atoms with Gasteiger partial charge in [0, 0.05) is 24.2 Å². The summed E-state index contributed by atoms with van der Waals surface area (Å²) in [4.78, 5) is 29.3. The molecule has 0 saturated heterocycles. The molecule has 0 aromatic heterocycles. The number of rotatable bonds is 5. The molecule has 1 unspecified atom stereocenters. The first-order valence-corrected chi connectivity index (χ1v) is 13.4. The maximum atomic E-state index is 13.8. The van der Waals surface area contributed by atoms with Gasteiger partial charge in [-0.25, -0.2) is 0 Å². The predicted octanol–water partition coefficient (Wildman–Crippen LogP) is 5.66. The number of amides is 1. The number of carbonyl (C=O) groups excluding carboxylic acids is 2. The van der Waals surface area contributed by atoms with Crippen LogP contribution < -0.4 is 25.0 Å². The number of benzene rings is 3. The number of Topliss-reactive ketones (excluding diaryl/α,β-unsaturated/α-hetero) is 1. The minimum atomic E-state index is -0.392. The molecule has 1 aliphatic carbocycles. The van der Waals surface area contributed by atoms with Crippen molar-refractivity contribution < 1.29 is 19.1 Å². The van der Waals surface area contributed by atoms with Crippen molar-refractivity contribution in [3.63, 3.8) is 0 Å². The zero-order valence-corrected chi connectivity index (χ0v) is 22.5. The third-order valence-corrected chi connectivity index (χ3v) is 7.64. The van der Waals surface area contributed by atoms with Crippen molar-refractivity contribution >= 4 is 23.1 Å². The summed E-state index contributed by atoms with van der Waals surface area (Å²) in [6.45, 7) is 6.98. The van der Waals surface area contributed by atoms with E-state index in [4.69, 9.17) is 9.47 Å². The van der Waals surface area contributed by atoms with Gasteiger partial charge in [-0.3, -0.25) is 9.59 Å². The quantitative estimate of drug-likeness (QED) is 0.450. The minimum absolute atomic E-state index is 0.0925. The molecular formula is C32H33N3O4. The molecule has 0 radical (unpaired) electrons. The van der Waals surface area contributed by atoms with Gasteiger partial charge in [-0.2, -0.15) is 0 Å². The molecule has 200 valence electrons. The molecule has 0 bridgehead atoms. The Morgan fingerprint density at radius 1 is 1.03 bits per heavy atom. The van der Waals surface area contributed by atoms with E-state index in [1.807, 2.05) is 49.4 Å². The number of fused-ring (bicyclic) bond motifs is 2. The average molecular weight is 524 g/mol. The summed E-state index contributed by atoms with van der Waals surface area (Å²) in [7, 11) is 0. The van der Waals surface area contributed by atoms with Crippen molar-refractivity contribution in [1.29, 1.82) is 0 Å². The van der Waals surface area contributed by atoms with Crippen LogP contribution in [-0.2, 0) is 16.1 Å². The van der Waals surface area contributed by atoms with Crippen LogP contribution in [0.1, 0.15) is 49.4 Å². The third-order valence-electron chi connectivity index (χ3n) is 7.64. The van der Waals surface area contributed by atoms with Crippen LogP contribution in [-0.4, -0.2) is 25.0 Å². The molecule has 0 fully saturated rings. The van der Waals surface area contributed by atoms with Gasteiger partial charge >= 0.3 is 0 Å². The van der Waals surface area contributed by atoms with E-state index in [1.165, 1.54) is 0 Å². The smallest absolute Gasteiger partial charge is 0.239 e. The second-order valence-electron chi connectivity index (χ2n) is 11.4. The fourth-order valence-electron chi connectivity index (χ4n) is 5.78. The second kappa shape index (κ2) is 9.80. The summed E-state index contributed by atoms with van der Waals surface area (Å²) in [5, 5.41) is 6.67. The highest BCUT2D eigenvalue weighted by Gasteiger charge is 2.41. The van der Waals surface area contributed by atoms with Crippen LogP contribution in [0, 0.1) is 12.3 Å². The highest BCUT2D eigenvalue weighted by atomic mass is 16.7. The molecule has 1 amide bonds. The summed E-state index contributed by atoms with van der Waals surface area (Å²) in [6, 6.07) is 21.5. The number of ketones is 1. The summed E-state index contributed by atoms with van der Waals surface area (Å²) in [6.07, 6.45) is 1.23. The summed E-state index contributed by atoms with van der Waals surface area (Å²) < 4.78 is 10.9. The number of nitrogens with one attached hydrogen (secondary N) is 2. The molecule has 6 rings (SSSR count). The first kappa shape index (κ1) is 25.0. The van der Waals surface area contributed by atoms with Gasteiger partial charge in [0.1, 0.15) is 0 Å². The number of hydrogen-bond donors (Lipinski definition) is 2. The van der Waals surface area contributed by atoms with Crippen LogP contribution in [0.15, 0.2) is 78.0 Å². The summed E-state index contributed by atoms with van der Waals surface area (Å²) in [5.74, 6) is 1.39. The zero-order valence-electron chi connectivity index (χ0n) is 22.5. The molecule has 3 aromatic carbocycles. The fourth-order valence-corrected chi connectivity index (χ4v) is 5.78. The van der Waals surface area contributed by atoms with Gasteiger partial charge in [-0.1, -0.05) is 61.9 Å². The SMILES string of the molecule is Cc1ccc(C2C3=C(CC(C)(C)CC3=O)Nc3ccccc3N2CC(=O)NCc2ccc3c(c2)OCO3)cc1. The van der Waals surface area contributed by atoms with E-state index in [0.29, 0.717) is 24.5 Å². The van der Waals surface area contributed by atoms with Crippen LogP contribution in [0.4, 0.5) is 11.4 Å². The summed E-state index contributed by atoms with van der Waals surface area (Å²) in [5.41, 5.74) is 6.39. The van der Waals surface area contributed by atoms with Gasteiger partial charge in [0.15, 0.2) is 17.3 Å². The zero-order chi connectivity index (χ0) is 27.1. The van der Waals surface area contributed by atoms with Gasteiger partial charge in [0.05, 0.1) is 24.0 Å². The van der Waals surface area contributed by atoms with Crippen molar-refractivity contribution in [3.05, 3.63) is 94.7 Å². The van der Waals surface area contributed by atoms with Gasteiger partial charge in [-0.05, 0) is 54.2 Å². The molecule has 0 saturated carbocycles. The Morgan fingerprint density at radius 3 is 2.62 bits per heavy atom. The highest BCUT2D eigenvalue weighted by molar-refractivity contribution is 6.01. The molecule has 2 aliphatic heterocycles. The Balaban J connectivity index is 1.36. The number of nitrogens with zero attached hydrogens (tertiary/aromatic N) is 1. The number of allylic oxidation sites excluding steroid dienone is 1. The van der Waals surface area contributed by atoms with Crippen LogP contribution in [0.3, 0.4) is 0 Å². The second-order valence-corrected chi connectivity index (χ2v) is 11.4. The van der Waals surface area contributed by atoms with Gasteiger partial charge in [0.25, 0.3) is 0 Å². The lowest BCUT2D eigenvalue weighted by molar-refractivity contribution is -0.120. The lowest BCUT2D eigenvalue weighted by Crippen LogP contribution is -2.41. The number of hydrogen-bond acceptors (Lipinski definition) is 6. The minimum Gasteiger partial charge on any atom is -0.454 e. The highest BCUT2D eigenvalue weighted by Crippen LogP contribution is 2.48. The van der Waals surface area contributed by atoms with Crippen LogP contribution >= 0.6 is 0 Å². The van der Waals surface area contributed by atoms with Gasteiger partial charge in [-0.15, -0.1) is 0 Å². The molecule has 3 aromatic rings. The first-order valence-electron chi connectivity index (χ1n) is 13.4. The largest absolute Gasteiger partial charge is 0.454 e. The Labute approximate surface area is 228 Å². The molecule has 2 heterocycles. The number of para-hydroxylation sites is 2.